The number of anilines is 10. The first-order chi connectivity index (χ1) is 59.3. The largest absolute Gasteiger partial charge is 0.493 e. The first kappa shape index (κ1) is 94.9. The fraction of sp³-hybridized carbons (Fsp3) is 0.416. The van der Waals surface area contributed by atoms with Gasteiger partial charge in [-0.3, -0.25) is 38.4 Å². The van der Waals surface area contributed by atoms with Crippen LogP contribution < -0.4 is 97.2 Å². The molecule has 0 saturated carbocycles. The Morgan fingerprint density at radius 2 is 0.472 bits per heavy atom. The van der Waals surface area contributed by atoms with Crippen molar-refractivity contribution in [1.82, 2.24) is 45.2 Å². The molecule has 125 heavy (non-hydrogen) atoms. The number of nitrogens with one attached hydrogen (secondary N) is 9. The maximum atomic E-state index is 14.8. The molecule has 0 spiro atoms. The Kier molecular flexibility index (Phi) is 33.9. The van der Waals surface area contributed by atoms with Gasteiger partial charge in [-0.1, -0.05) is 125 Å². The third-order valence-corrected chi connectivity index (χ3v) is 16.5. The van der Waals surface area contributed by atoms with Gasteiger partial charge in [-0.05, 0) is 59.3 Å². The van der Waals surface area contributed by atoms with Gasteiger partial charge in [0.1, 0.15) is 156 Å². The molecule has 1 aliphatic heterocycles. The van der Waals surface area contributed by atoms with Crippen molar-refractivity contribution in [3.8, 4) is 46.0 Å². The summed E-state index contributed by atoms with van der Waals surface area (Å²) < 4.78 is 54.3. The molecule has 36 heteroatoms. The summed E-state index contributed by atoms with van der Waals surface area (Å²) in [5.74, 6) is -4.35. The molecule has 0 fully saturated rings. The van der Waals surface area contributed by atoms with Gasteiger partial charge >= 0.3 is 0 Å². The van der Waals surface area contributed by atoms with Crippen LogP contribution in [0.15, 0.2) is 121 Å². The molecule has 8 aromatic rings. The summed E-state index contributed by atoms with van der Waals surface area (Å²) in [6.45, 7) is 37.1. The highest BCUT2D eigenvalue weighted by Gasteiger charge is 2.30. The van der Waals surface area contributed by atoms with Crippen LogP contribution in [0.4, 0.5) is 58.2 Å². The number of nitrogen functional groups attached to an aromatic ring is 2. The summed E-state index contributed by atoms with van der Waals surface area (Å²) >= 11 is 0. The second-order valence-electron chi connectivity index (χ2n) is 33.4. The Bertz CT molecular complexity index is 5250. The Labute approximate surface area is 726 Å². The van der Waals surface area contributed by atoms with E-state index in [1.54, 1.807) is 0 Å². The van der Waals surface area contributed by atoms with E-state index in [0.29, 0.717) is 24.7 Å². The minimum absolute atomic E-state index is 0.00313. The molecule has 1 aliphatic rings. The number of carbonyl (C=O) groups is 8. The topological polar surface area (TPSA) is 483 Å². The molecular weight excluding hydrogens is 1610 g/mol. The molecule has 9 rings (SSSR count). The van der Waals surface area contributed by atoms with Crippen molar-refractivity contribution in [2.45, 2.75) is 131 Å². The standard InChI is InChI=1S/C89H113N19O17/c1-46(2)37-117-55-19-64(82(109)101-74-29-59(27-72(90)96-74)121-41-50(9)10)92-66(21-55)84(111)103-76-31-61(123-43-52(13)14)33-78(98-76)105-86(113)68-23-57(119-39-48(5)6)25-70(94-68)88(115)107-80-35-63(125-45-54(17)18)36-81(100-80)108-89(116)71-26-58(120-40-49(7)8)24-69(95-71)87(114)106-79-34-62(124-44-53(15)16)32-77(99-79)104-85(112)67-22-56(118-38-47(3)4)20-65(93-67)83(110)102-75-30-60(28-73(91)97-75)122-42-51(11)12/h19-36,46-54,70,94H,37-45H2,1-18H3,(H3,90,96,101,109)(H3,91,97,102,110)(H2,98,103,105,111,113)(H2,99,104,106,112,114)(H2,100,107,108,115,116). The maximum Gasteiger partial charge on any atom is 0.275 e. The SMILES string of the molecule is CC(C)COC1=CC(C(=O)Nc2cc(OCC(C)C)cc(NC(=O)c3cc(OCC(C)C)cc(C(=O)Nc4cc(OCC(C)C)cc(NC(=O)c5cc(OCC(C)C)cc(C(=O)Nc6cc(OCC(C)C)cc(N)n6)n5)n4)n3)n2)NC(C(=O)Nc2cc(OCC(C)C)cc(NC(=O)c3cc(OCC(C)C)cc(C(=O)Nc4cc(OCC(C)C)cc(N)n4)n3)n2)=C1. The fourth-order valence-corrected chi connectivity index (χ4v) is 10.8. The van der Waals surface area contributed by atoms with Crippen LogP contribution in [0.25, 0.3) is 0 Å². The Morgan fingerprint density at radius 3 is 0.712 bits per heavy atom. The molecule has 36 nitrogen and oxygen atoms in total. The van der Waals surface area contributed by atoms with Gasteiger partial charge in [-0.2, -0.15) is 0 Å². The zero-order valence-corrected chi connectivity index (χ0v) is 73.7. The number of rotatable bonds is 43. The number of amides is 8. The van der Waals surface area contributed by atoms with Crippen LogP contribution in [0.3, 0.4) is 0 Å². The molecule has 8 aromatic heterocycles. The van der Waals surface area contributed by atoms with E-state index in [0.717, 1.165) is 0 Å². The lowest BCUT2D eigenvalue weighted by Crippen LogP contribution is -2.43. The van der Waals surface area contributed by atoms with E-state index in [4.69, 9.17) is 54.1 Å². The molecule has 0 saturated heterocycles. The smallest absolute Gasteiger partial charge is 0.275 e. The number of carbonyl (C=O) groups excluding carboxylic acids is 8. The zero-order chi connectivity index (χ0) is 90.9. The molecule has 0 radical (unpaired) electrons. The summed E-state index contributed by atoms with van der Waals surface area (Å²) in [5.41, 5.74) is 10.5. The van der Waals surface area contributed by atoms with E-state index in [-0.39, 0.29) is 238 Å². The number of allylic oxidation sites excluding steroid dienone is 1. The van der Waals surface area contributed by atoms with Crippen molar-refractivity contribution >= 4 is 105 Å². The fourth-order valence-electron chi connectivity index (χ4n) is 10.8. The number of nitrogens with two attached hydrogens (primary N) is 2. The molecule has 666 valence electrons. The summed E-state index contributed by atoms with van der Waals surface area (Å²) in [5, 5.41) is 24.8. The van der Waals surface area contributed by atoms with Gasteiger partial charge in [-0.15, -0.1) is 0 Å². The number of hydrogen-bond acceptors (Lipinski definition) is 28. The zero-order valence-electron chi connectivity index (χ0n) is 73.7. The van der Waals surface area contributed by atoms with Crippen molar-refractivity contribution in [2.24, 2.45) is 53.3 Å². The number of dihydropyridines is 1. The van der Waals surface area contributed by atoms with E-state index in [1.807, 2.05) is 125 Å². The van der Waals surface area contributed by atoms with E-state index in [1.165, 1.54) is 109 Å². The van der Waals surface area contributed by atoms with Crippen LogP contribution in [0.2, 0.25) is 0 Å². The highest BCUT2D eigenvalue weighted by atomic mass is 16.5. The van der Waals surface area contributed by atoms with Crippen LogP contribution in [-0.4, -0.2) is 153 Å². The second kappa shape index (κ2) is 44.7. The molecule has 9 heterocycles. The van der Waals surface area contributed by atoms with E-state index in [9.17, 15) is 38.4 Å². The van der Waals surface area contributed by atoms with Gasteiger partial charge in [0, 0.05) is 103 Å². The molecular formula is C89H113N19O17. The monoisotopic (exact) mass is 1720 g/mol. The number of pyridine rings is 8. The van der Waals surface area contributed by atoms with Crippen molar-refractivity contribution < 1.29 is 81.0 Å². The third-order valence-electron chi connectivity index (χ3n) is 16.5. The van der Waals surface area contributed by atoms with E-state index < -0.39 is 53.3 Å². The number of nitrogens with zero attached hydrogens (tertiary/aromatic N) is 8. The molecule has 13 N–H and O–H groups in total. The van der Waals surface area contributed by atoms with Gasteiger partial charge in [-0.25, -0.2) is 39.9 Å². The molecule has 0 bridgehead atoms. The van der Waals surface area contributed by atoms with Gasteiger partial charge in [0.2, 0.25) is 0 Å². The van der Waals surface area contributed by atoms with Crippen LogP contribution in [0, 0.1) is 53.3 Å². The lowest BCUT2D eigenvalue weighted by atomic mass is 10.1. The van der Waals surface area contributed by atoms with Crippen LogP contribution in [0.1, 0.15) is 188 Å². The van der Waals surface area contributed by atoms with Gasteiger partial charge < -0.3 is 102 Å². The van der Waals surface area contributed by atoms with Gasteiger partial charge in [0.15, 0.2) is 0 Å². The van der Waals surface area contributed by atoms with Crippen LogP contribution >= 0.6 is 0 Å². The number of ether oxygens (including phenoxy) is 9. The maximum absolute atomic E-state index is 14.8. The average Bonchev–Trinajstić information content (AvgIpc) is 0.821. The van der Waals surface area contributed by atoms with Crippen molar-refractivity contribution in [3.05, 3.63) is 155 Å². The van der Waals surface area contributed by atoms with Gasteiger partial charge in [0.05, 0.1) is 59.5 Å². The lowest BCUT2D eigenvalue weighted by Gasteiger charge is -2.24. The lowest BCUT2D eigenvalue weighted by molar-refractivity contribution is -0.117. The Balaban J connectivity index is 0.945. The summed E-state index contributed by atoms with van der Waals surface area (Å²) in [6.07, 6.45) is 2.87. The average molecular weight is 1720 g/mol. The first-order valence-electron chi connectivity index (χ1n) is 41.3. The highest BCUT2D eigenvalue weighted by molar-refractivity contribution is 6.10. The second-order valence-corrected chi connectivity index (χ2v) is 33.4. The minimum atomic E-state index is -1.33. The van der Waals surface area contributed by atoms with E-state index in [2.05, 4.69) is 87.7 Å². The normalized spacial score (nSPS) is 12.5. The highest BCUT2D eigenvalue weighted by Crippen LogP contribution is 2.31. The third kappa shape index (κ3) is 31.2. The van der Waals surface area contributed by atoms with Gasteiger partial charge in [0.25, 0.3) is 47.3 Å². The summed E-state index contributed by atoms with van der Waals surface area (Å²) in [4.78, 5) is 151. The van der Waals surface area contributed by atoms with E-state index >= 15 is 0 Å². The summed E-state index contributed by atoms with van der Waals surface area (Å²) in [6, 6.07) is 21.5. The first-order valence-corrected chi connectivity index (χ1v) is 41.3. The van der Waals surface area contributed by atoms with Crippen molar-refractivity contribution in [3.63, 3.8) is 0 Å². The Morgan fingerprint density at radius 1 is 0.272 bits per heavy atom. The molecule has 0 aromatic carbocycles. The molecule has 0 aliphatic carbocycles. The minimum Gasteiger partial charge on any atom is -0.493 e. The number of aromatic nitrogens is 8. The molecule has 8 amide bonds. The predicted octanol–water partition coefficient (Wildman–Crippen LogP) is 13.8. The molecule has 1 atom stereocenters. The van der Waals surface area contributed by atoms with Crippen molar-refractivity contribution in [1.29, 1.82) is 0 Å². The predicted molar refractivity (Wildman–Crippen MR) is 474 cm³/mol. The Hall–Kier alpha value is -14.0. The number of hydrogen-bond donors (Lipinski definition) is 11. The summed E-state index contributed by atoms with van der Waals surface area (Å²) in [7, 11) is 0. The van der Waals surface area contributed by atoms with Crippen LogP contribution in [-0.2, 0) is 14.3 Å². The van der Waals surface area contributed by atoms with Crippen LogP contribution in [0.5, 0.6) is 46.0 Å². The molecule has 1 unspecified atom stereocenters. The quantitative estimate of drug-likeness (QED) is 0.0169. The van der Waals surface area contributed by atoms with Crippen molar-refractivity contribution in [2.75, 3.05) is 113 Å².